The molecule has 4 rings (SSSR count). The highest BCUT2D eigenvalue weighted by Crippen LogP contribution is 2.37. The second-order valence-electron chi connectivity index (χ2n) is 5.74. The molecular formula is C16H14FN5OS. The van der Waals surface area contributed by atoms with Gasteiger partial charge in [0.15, 0.2) is 10.8 Å². The van der Waals surface area contributed by atoms with Crippen molar-refractivity contribution in [1.82, 2.24) is 19.9 Å². The third kappa shape index (κ3) is 2.30. The highest BCUT2D eigenvalue weighted by atomic mass is 32.1. The van der Waals surface area contributed by atoms with Gasteiger partial charge in [0.1, 0.15) is 22.5 Å². The Balaban J connectivity index is 1.83. The molecular weight excluding hydrogens is 329 g/mol. The maximum atomic E-state index is 13.4. The Hall–Kier alpha value is -2.61. The molecule has 0 bridgehead atoms. The Morgan fingerprint density at radius 3 is 2.96 bits per heavy atom. The van der Waals surface area contributed by atoms with Crippen molar-refractivity contribution in [2.24, 2.45) is 0 Å². The van der Waals surface area contributed by atoms with Crippen LogP contribution in [-0.4, -0.2) is 46.4 Å². The summed E-state index contributed by atoms with van der Waals surface area (Å²) in [6.07, 6.45) is 2.22. The van der Waals surface area contributed by atoms with Crippen LogP contribution in [0.4, 0.5) is 15.9 Å². The van der Waals surface area contributed by atoms with E-state index in [0.717, 1.165) is 17.7 Å². The van der Waals surface area contributed by atoms with Crippen LogP contribution in [0.5, 0.6) is 0 Å². The van der Waals surface area contributed by atoms with Gasteiger partial charge >= 0.3 is 0 Å². The van der Waals surface area contributed by atoms with Crippen LogP contribution in [0.2, 0.25) is 0 Å². The number of anilines is 2. The Bertz CT molecular complexity index is 955. The zero-order valence-corrected chi connectivity index (χ0v) is 14.0. The lowest BCUT2D eigenvalue weighted by molar-refractivity contribution is 0.0827. The number of rotatable bonds is 2. The van der Waals surface area contributed by atoms with Gasteiger partial charge in [0.2, 0.25) is 0 Å². The predicted molar refractivity (Wildman–Crippen MR) is 90.3 cm³/mol. The minimum absolute atomic E-state index is 0.159. The lowest BCUT2D eigenvalue weighted by atomic mass is 10.2. The molecule has 0 radical (unpaired) electrons. The first kappa shape index (κ1) is 14.9. The summed E-state index contributed by atoms with van der Waals surface area (Å²) in [5.41, 5.74) is 2.47. The summed E-state index contributed by atoms with van der Waals surface area (Å²) >= 11 is 1.25. The largest absolute Gasteiger partial charge is 0.343 e. The average molecular weight is 343 g/mol. The van der Waals surface area contributed by atoms with Crippen molar-refractivity contribution in [3.05, 3.63) is 40.9 Å². The molecule has 3 aromatic rings. The van der Waals surface area contributed by atoms with E-state index in [9.17, 15) is 9.18 Å². The van der Waals surface area contributed by atoms with Gasteiger partial charge in [-0.25, -0.2) is 19.3 Å². The maximum absolute atomic E-state index is 13.4. The molecule has 0 fully saturated rings. The minimum Gasteiger partial charge on any atom is -0.343 e. The number of hydrogen-bond donors (Lipinski definition) is 0. The summed E-state index contributed by atoms with van der Waals surface area (Å²) in [6.45, 7) is 0.694. The fraction of sp³-hybridized carbons (Fsp3) is 0.250. The van der Waals surface area contributed by atoms with E-state index < -0.39 is 0 Å². The summed E-state index contributed by atoms with van der Waals surface area (Å²) < 4.78 is 13.4. The van der Waals surface area contributed by atoms with E-state index in [1.54, 1.807) is 26.2 Å². The van der Waals surface area contributed by atoms with Gasteiger partial charge in [-0.05, 0) is 30.2 Å². The number of fused-ring (bicyclic) bond motifs is 2. The SMILES string of the molecule is CN(C)C(=O)c1nc2c(N3CCc4cc(F)ccc43)ncnc2s1. The van der Waals surface area contributed by atoms with Crippen LogP contribution in [0.25, 0.3) is 10.3 Å². The van der Waals surface area contributed by atoms with E-state index in [-0.39, 0.29) is 11.7 Å². The first-order valence-corrected chi connectivity index (χ1v) is 8.25. The highest BCUT2D eigenvalue weighted by molar-refractivity contribution is 7.19. The topological polar surface area (TPSA) is 62.2 Å². The second kappa shape index (κ2) is 5.48. The molecule has 1 aromatic carbocycles. The molecule has 0 N–H and O–H groups in total. The van der Waals surface area contributed by atoms with E-state index in [1.165, 1.54) is 28.6 Å². The van der Waals surface area contributed by atoms with Crippen LogP contribution in [0.15, 0.2) is 24.5 Å². The summed E-state index contributed by atoms with van der Waals surface area (Å²) in [4.78, 5) is 29.4. The van der Waals surface area contributed by atoms with Gasteiger partial charge in [-0.15, -0.1) is 0 Å². The molecule has 0 spiro atoms. The monoisotopic (exact) mass is 343 g/mol. The molecule has 1 amide bonds. The van der Waals surface area contributed by atoms with E-state index in [4.69, 9.17) is 0 Å². The molecule has 0 saturated heterocycles. The predicted octanol–water partition coefficient (Wildman–Crippen LogP) is 2.62. The van der Waals surface area contributed by atoms with E-state index in [2.05, 4.69) is 15.0 Å². The number of aromatic nitrogens is 3. The van der Waals surface area contributed by atoms with Gasteiger partial charge in [-0.2, -0.15) is 0 Å². The number of nitrogens with zero attached hydrogens (tertiary/aromatic N) is 5. The first-order valence-electron chi connectivity index (χ1n) is 7.44. The lowest BCUT2D eigenvalue weighted by Gasteiger charge is -2.18. The summed E-state index contributed by atoms with van der Waals surface area (Å²) in [5, 5.41) is 0.385. The lowest BCUT2D eigenvalue weighted by Crippen LogP contribution is -2.21. The number of benzene rings is 1. The van der Waals surface area contributed by atoms with Crippen molar-refractivity contribution < 1.29 is 9.18 Å². The van der Waals surface area contributed by atoms with Gasteiger partial charge in [-0.1, -0.05) is 11.3 Å². The number of amides is 1. The van der Waals surface area contributed by atoms with E-state index in [0.29, 0.717) is 27.7 Å². The molecule has 122 valence electrons. The normalized spacial score (nSPS) is 13.4. The highest BCUT2D eigenvalue weighted by Gasteiger charge is 2.26. The Morgan fingerprint density at radius 2 is 2.17 bits per heavy atom. The van der Waals surface area contributed by atoms with Crippen molar-refractivity contribution in [1.29, 1.82) is 0 Å². The first-order chi connectivity index (χ1) is 11.5. The van der Waals surface area contributed by atoms with Crippen molar-refractivity contribution in [3.63, 3.8) is 0 Å². The number of hydrogen-bond acceptors (Lipinski definition) is 6. The minimum atomic E-state index is -0.240. The van der Waals surface area contributed by atoms with E-state index in [1.807, 2.05) is 4.90 Å². The van der Waals surface area contributed by atoms with Crippen LogP contribution >= 0.6 is 11.3 Å². The number of halogens is 1. The van der Waals surface area contributed by atoms with Crippen LogP contribution in [0, 0.1) is 5.82 Å². The average Bonchev–Trinajstić information content (AvgIpc) is 3.16. The zero-order valence-electron chi connectivity index (χ0n) is 13.2. The molecule has 0 atom stereocenters. The molecule has 0 unspecified atom stereocenters. The third-order valence-corrected chi connectivity index (χ3v) is 4.91. The molecule has 8 heteroatoms. The summed E-state index contributed by atoms with van der Waals surface area (Å²) in [5.74, 6) is 0.253. The third-order valence-electron chi connectivity index (χ3n) is 3.96. The van der Waals surface area contributed by atoms with Crippen molar-refractivity contribution in [2.45, 2.75) is 6.42 Å². The van der Waals surface area contributed by atoms with Gasteiger partial charge in [0, 0.05) is 26.3 Å². The van der Waals surface area contributed by atoms with Gasteiger partial charge in [0.05, 0.1) is 0 Å². The molecule has 24 heavy (non-hydrogen) atoms. The molecule has 1 aliphatic heterocycles. The zero-order chi connectivity index (χ0) is 16.8. The quantitative estimate of drug-likeness (QED) is 0.716. The standard InChI is InChI=1S/C16H14FN5OS/c1-21(2)16(23)15-20-12-13(18-8-19-14(12)24-15)22-6-5-9-7-10(17)3-4-11(9)22/h3-4,7-8H,5-6H2,1-2H3. The van der Waals surface area contributed by atoms with Gasteiger partial charge < -0.3 is 9.80 Å². The fourth-order valence-electron chi connectivity index (χ4n) is 2.81. The summed E-state index contributed by atoms with van der Waals surface area (Å²) in [6, 6.07) is 4.75. The Morgan fingerprint density at radius 1 is 1.33 bits per heavy atom. The Labute approximate surface area is 141 Å². The molecule has 6 nitrogen and oxygen atoms in total. The molecule has 3 heterocycles. The van der Waals surface area contributed by atoms with Crippen LogP contribution in [-0.2, 0) is 6.42 Å². The Kier molecular flexibility index (Phi) is 3.42. The maximum Gasteiger partial charge on any atom is 0.282 e. The van der Waals surface area contributed by atoms with Crippen LogP contribution < -0.4 is 4.90 Å². The number of carbonyl (C=O) groups excluding carboxylic acids is 1. The van der Waals surface area contributed by atoms with Gasteiger partial charge in [0.25, 0.3) is 5.91 Å². The molecule has 1 aliphatic rings. The molecule has 0 aliphatic carbocycles. The van der Waals surface area contributed by atoms with Gasteiger partial charge in [-0.3, -0.25) is 4.79 Å². The van der Waals surface area contributed by atoms with E-state index >= 15 is 0 Å². The molecule has 0 saturated carbocycles. The summed E-state index contributed by atoms with van der Waals surface area (Å²) in [7, 11) is 3.37. The molecule has 2 aromatic heterocycles. The van der Waals surface area contributed by atoms with Crippen molar-refractivity contribution >= 4 is 39.1 Å². The van der Waals surface area contributed by atoms with Crippen LogP contribution in [0.1, 0.15) is 15.4 Å². The second-order valence-corrected chi connectivity index (χ2v) is 6.72. The smallest absolute Gasteiger partial charge is 0.282 e. The number of thiazole rings is 1. The number of carbonyl (C=O) groups is 1. The van der Waals surface area contributed by atoms with Crippen LogP contribution in [0.3, 0.4) is 0 Å². The van der Waals surface area contributed by atoms with Crippen molar-refractivity contribution in [3.8, 4) is 0 Å². The van der Waals surface area contributed by atoms with Crippen molar-refractivity contribution in [2.75, 3.05) is 25.5 Å². The fourth-order valence-corrected chi connectivity index (χ4v) is 3.74.